The largest absolute Gasteiger partial charge is 0.349 e. The number of hydrogen-bond acceptors (Lipinski definition) is 2. The van der Waals surface area contributed by atoms with Crippen molar-refractivity contribution in [3.8, 4) is 0 Å². The minimum Gasteiger partial charge on any atom is -0.349 e. The van der Waals surface area contributed by atoms with Gasteiger partial charge < -0.3 is 10.6 Å². The quantitative estimate of drug-likeness (QED) is 0.839. The van der Waals surface area contributed by atoms with Gasteiger partial charge in [0.1, 0.15) is 0 Å². The molecule has 0 radical (unpaired) electrons. The molecule has 2 saturated carbocycles. The Morgan fingerprint density at radius 2 is 2.00 bits per heavy atom. The molecule has 2 atom stereocenters. The summed E-state index contributed by atoms with van der Waals surface area (Å²) in [4.78, 5) is 24.2. The molecule has 1 saturated heterocycles. The molecule has 4 nitrogen and oxygen atoms in total. The third kappa shape index (κ3) is 3.34. The number of hydrogen-bond donors (Lipinski definition) is 2. The summed E-state index contributed by atoms with van der Waals surface area (Å²) in [5.41, 5.74) is 0.544. The standard InChI is InChI=1S/C20H24ClFN2O2/c21-15-7-3-6-13(8-15)17(12-4-1-2-5-12)23-18(25)14-9-20(10-14)11-16(22)19(26)24-20/h3,6-8,12,14,16-17H,1-2,4-5,9-11H2,(H,23,25)(H,24,26). The fourth-order valence-electron chi connectivity index (χ4n) is 4.90. The third-order valence-electron chi connectivity index (χ3n) is 6.26. The van der Waals surface area contributed by atoms with Crippen LogP contribution in [-0.2, 0) is 9.59 Å². The Morgan fingerprint density at radius 3 is 2.62 bits per heavy atom. The Morgan fingerprint density at radius 1 is 1.27 bits per heavy atom. The predicted octanol–water partition coefficient (Wildman–Crippen LogP) is 3.69. The lowest BCUT2D eigenvalue weighted by molar-refractivity contribution is -0.132. The molecule has 140 valence electrons. The molecule has 4 rings (SSSR count). The van der Waals surface area contributed by atoms with Crippen molar-refractivity contribution in [2.24, 2.45) is 11.8 Å². The fraction of sp³-hybridized carbons (Fsp3) is 0.600. The van der Waals surface area contributed by atoms with Crippen LogP contribution in [-0.4, -0.2) is 23.5 Å². The van der Waals surface area contributed by atoms with Gasteiger partial charge in [0, 0.05) is 22.9 Å². The molecule has 2 aliphatic carbocycles. The first-order valence-corrected chi connectivity index (χ1v) is 9.85. The minimum absolute atomic E-state index is 0.00376. The second-order valence-corrected chi connectivity index (χ2v) is 8.57. The molecular weight excluding hydrogens is 355 g/mol. The molecule has 3 aliphatic rings. The third-order valence-corrected chi connectivity index (χ3v) is 6.50. The molecule has 0 aromatic heterocycles. The van der Waals surface area contributed by atoms with Gasteiger partial charge in [0.2, 0.25) is 5.91 Å². The number of amides is 2. The molecule has 0 bridgehead atoms. The molecule has 3 fully saturated rings. The van der Waals surface area contributed by atoms with Crippen molar-refractivity contribution in [3.05, 3.63) is 34.9 Å². The summed E-state index contributed by atoms with van der Waals surface area (Å²) in [5.74, 6) is -0.271. The zero-order valence-electron chi connectivity index (χ0n) is 14.6. The van der Waals surface area contributed by atoms with Crippen LogP contribution in [0.15, 0.2) is 24.3 Å². The van der Waals surface area contributed by atoms with Crippen molar-refractivity contribution < 1.29 is 14.0 Å². The Kier molecular flexibility index (Phi) is 4.68. The van der Waals surface area contributed by atoms with Crippen LogP contribution < -0.4 is 10.6 Å². The smallest absolute Gasteiger partial charge is 0.255 e. The lowest BCUT2D eigenvalue weighted by atomic mass is 9.67. The van der Waals surface area contributed by atoms with Crippen LogP contribution in [0, 0.1) is 11.8 Å². The topological polar surface area (TPSA) is 58.2 Å². The van der Waals surface area contributed by atoms with Crippen LogP contribution in [0.25, 0.3) is 0 Å². The van der Waals surface area contributed by atoms with Crippen molar-refractivity contribution in [3.63, 3.8) is 0 Å². The monoisotopic (exact) mass is 378 g/mol. The summed E-state index contributed by atoms with van der Waals surface area (Å²) >= 11 is 6.15. The summed E-state index contributed by atoms with van der Waals surface area (Å²) in [7, 11) is 0. The van der Waals surface area contributed by atoms with Gasteiger partial charge in [-0.2, -0.15) is 0 Å². The Hall–Kier alpha value is -1.62. The van der Waals surface area contributed by atoms with Crippen LogP contribution in [0.4, 0.5) is 4.39 Å². The Balaban J connectivity index is 1.43. The van der Waals surface area contributed by atoms with Gasteiger partial charge in [-0.1, -0.05) is 36.6 Å². The van der Waals surface area contributed by atoms with Crippen LogP contribution in [0.2, 0.25) is 5.02 Å². The van der Waals surface area contributed by atoms with E-state index in [4.69, 9.17) is 11.6 Å². The SMILES string of the molecule is O=C1NC2(CC1F)CC(C(=O)NC(c1cccc(Cl)c1)C1CCCC1)C2. The van der Waals surface area contributed by atoms with E-state index in [2.05, 4.69) is 10.6 Å². The van der Waals surface area contributed by atoms with Crippen molar-refractivity contribution in [1.29, 1.82) is 0 Å². The lowest BCUT2D eigenvalue weighted by Crippen LogP contribution is -2.56. The summed E-state index contributed by atoms with van der Waals surface area (Å²) in [6.07, 6.45) is 4.39. The van der Waals surface area contributed by atoms with E-state index in [9.17, 15) is 14.0 Å². The van der Waals surface area contributed by atoms with E-state index in [1.54, 1.807) is 0 Å². The molecule has 1 aromatic carbocycles. The second kappa shape index (κ2) is 6.84. The number of carbonyl (C=O) groups excluding carboxylic acids is 2. The van der Waals surface area contributed by atoms with Gasteiger partial charge >= 0.3 is 0 Å². The fourth-order valence-corrected chi connectivity index (χ4v) is 5.10. The number of carbonyl (C=O) groups is 2. The molecule has 1 aromatic rings. The van der Waals surface area contributed by atoms with Crippen molar-refractivity contribution in [1.82, 2.24) is 10.6 Å². The molecule has 2 N–H and O–H groups in total. The minimum atomic E-state index is -1.43. The molecule has 1 spiro atoms. The Bertz CT molecular complexity index is 714. The second-order valence-electron chi connectivity index (χ2n) is 8.13. The van der Waals surface area contributed by atoms with Gasteiger partial charge in [0.25, 0.3) is 5.91 Å². The maximum absolute atomic E-state index is 13.5. The highest BCUT2D eigenvalue weighted by atomic mass is 35.5. The average molecular weight is 379 g/mol. The van der Waals surface area contributed by atoms with Crippen LogP contribution in [0.3, 0.4) is 0 Å². The number of benzene rings is 1. The van der Waals surface area contributed by atoms with Gasteiger partial charge in [-0.25, -0.2) is 4.39 Å². The summed E-state index contributed by atoms with van der Waals surface area (Å²) < 4.78 is 13.5. The van der Waals surface area contributed by atoms with Gasteiger partial charge in [-0.05, 0) is 49.3 Å². The summed E-state index contributed by atoms with van der Waals surface area (Å²) in [6, 6.07) is 7.66. The van der Waals surface area contributed by atoms with Crippen LogP contribution in [0.5, 0.6) is 0 Å². The van der Waals surface area contributed by atoms with Crippen molar-refractivity contribution >= 4 is 23.4 Å². The maximum atomic E-state index is 13.5. The number of alkyl halides is 1. The Labute approximate surface area is 157 Å². The maximum Gasteiger partial charge on any atom is 0.255 e. The summed E-state index contributed by atoms with van der Waals surface area (Å²) in [5, 5.41) is 6.64. The highest BCUT2D eigenvalue weighted by Crippen LogP contribution is 2.45. The molecule has 26 heavy (non-hydrogen) atoms. The van der Waals surface area contributed by atoms with E-state index >= 15 is 0 Å². The molecule has 2 amide bonds. The first-order chi connectivity index (χ1) is 12.5. The van der Waals surface area contributed by atoms with E-state index < -0.39 is 17.6 Å². The van der Waals surface area contributed by atoms with Gasteiger partial charge in [0.15, 0.2) is 6.17 Å². The van der Waals surface area contributed by atoms with Crippen molar-refractivity contribution in [2.75, 3.05) is 0 Å². The zero-order chi connectivity index (χ0) is 18.3. The van der Waals surface area contributed by atoms with Gasteiger partial charge in [-0.3, -0.25) is 9.59 Å². The highest BCUT2D eigenvalue weighted by molar-refractivity contribution is 6.30. The lowest BCUT2D eigenvalue weighted by Gasteiger charge is -2.44. The summed E-state index contributed by atoms with van der Waals surface area (Å²) in [6.45, 7) is 0. The van der Waals surface area contributed by atoms with E-state index in [0.29, 0.717) is 23.8 Å². The normalized spacial score (nSPS) is 32.3. The van der Waals surface area contributed by atoms with E-state index in [1.807, 2.05) is 24.3 Å². The van der Waals surface area contributed by atoms with E-state index in [1.165, 1.54) is 12.8 Å². The van der Waals surface area contributed by atoms with Gasteiger partial charge in [-0.15, -0.1) is 0 Å². The molecular formula is C20H24ClFN2O2. The number of halogens is 2. The molecule has 6 heteroatoms. The number of nitrogens with one attached hydrogen (secondary N) is 2. The predicted molar refractivity (Wildman–Crippen MR) is 97.4 cm³/mol. The molecule has 1 aliphatic heterocycles. The number of rotatable bonds is 4. The molecule has 1 heterocycles. The zero-order valence-corrected chi connectivity index (χ0v) is 15.4. The first kappa shape index (κ1) is 17.8. The van der Waals surface area contributed by atoms with Gasteiger partial charge in [0.05, 0.1) is 6.04 Å². The van der Waals surface area contributed by atoms with Crippen LogP contribution >= 0.6 is 11.6 Å². The average Bonchev–Trinajstić information content (AvgIpc) is 3.20. The van der Waals surface area contributed by atoms with Crippen LogP contribution in [0.1, 0.15) is 56.6 Å². The van der Waals surface area contributed by atoms with Crippen molar-refractivity contribution in [2.45, 2.75) is 62.7 Å². The first-order valence-electron chi connectivity index (χ1n) is 9.48. The highest BCUT2D eigenvalue weighted by Gasteiger charge is 2.54. The van der Waals surface area contributed by atoms with E-state index in [-0.39, 0.29) is 24.3 Å². The molecule has 2 unspecified atom stereocenters. The van der Waals surface area contributed by atoms with E-state index in [0.717, 1.165) is 18.4 Å².